The van der Waals surface area contributed by atoms with Crippen LogP contribution in [0.1, 0.15) is 58.9 Å². The highest BCUT2D eigenvalue weighted by Crippen LogP contribution is 2.55. The highest BCUT2D eigenvalue weighted by molar-refractivity contribution is 6.30. The minimum atomic E-state index is -1.40. The quantitative estimate of drug-likeness (QED) is 0.843. The molecule has 2 rings (SSSR count). The van der Waals surface area contributed by atoms with Crippen LogP contribution in [0.25, 0.3) is 0 Å². The first-order valence-corrected chi connectivity index (χ1v) is 8.64. The fraction of sp³-hybridized carbons (Fsp3) is 0.632. The molecule has 128 valence electrons. The molecule has 0 aromatic heterocycles. The molecule has 3 nitrogen and oxygen atoms in total. The Morgan fingerprint density at radius 1 is 1.26 bits per heavy atom. The normalized spacial score (nSPS) is 28.2. The third-order valence-electron chi connectivity index (χ3n) is 5.50. The van der Waals surface area contributed by atoms with Crippen molar-refractivity contribution in [2.45, 2.75) is 64.4 Å². The Labute approximate surface area is 143 Å². The number of aliphatic carboxylic acids is 1. The van der Waals surface area contributed by atoms with Crippen LogP contribution in [0.3, 0.4) is 0 Å². The topological polar surface area (TPSA) is 57.5 Å². The zero-order chi connectivity index (χ0) is 17.5. The van der Waals surface area contributed by atoms with E-state index in [0.29, 0.717) is 29.3 Å². The average molecular weight is 339 g/mol. The van der Waals surface area contributed by atoms with Crippen molar-refractivity contribution in [3.8, 4) is 0 Å². The standard InChI is InChI=1S/C19H27ClO3/c1-13-8-10-18(23,11-9-13)19(16(21)22,17(2,3)4)14-6-5-7-15(20)12-14/h5-7,12-13,23H,8-11H2,1-4H3,(H,21,22). The van der Waals surface area contributed by atoms with Crippen LogP contribution >= 0.6 is 11.6 Å². The maximum absolute atomic E-state index is 12.6. The van der Waals surface area contributed by atoms with Crippen molar-refractivity contribution in [2.75, 3.05) is 0 Å². The van der Waals surface area contributed by atoms with E-state index < -0.39 is 22.4 Å². The number of benzene rings is 1. The van der Waals surface area contributed by atoms with E-state index in [1.165, 1.54) is 0 Å². The van der Waals surface area contributed by atoms with E-state index in [2.05, 4.69) is 6.92 Å². The van der Waals surface area contributed by atoms with Gasteiger partial charge in [0.05, 0.1) is 5.60 Å². The SMILES string of the molecule is CC1CCC(O)(C(C(=O)O)(c2cccc(Cl)c2)C(C)(C)C)CC1. The van der Waals surface area contributed by atoms with Crippen LogP contribution in [0.4, 0.5) is 0 Å². The summed E-state index contributed by atoms with van der Waals surface area (Å²) in [7, 11) is 0. The molecule has 0 radical (unpaired) electrons. The molecule has 1 unspecified atom stereocenters. The van der Waals surface area contributed by atoms with Crippen molar-refractivity contribution in [2.24, 2.45) is 11.3 Å². The van der Waals surface area contributed by atoms with E-state index in [-0.39, 0.29) is 0 Å². The van der Waals surface area contributed by atoms with Crippen LogP contribution in [0.5, 0.6) is 0 Å². The van der Waals surface area contributed by atoms with E-state index in [0.717, 1.165) is 12.8 Å². The second-order valence-electron chi connectivity index (χ2n) is 8.03. The Kier molecular flexibility index (Phi) is 4.85. The highest BCUT2D eigenvalue weighted by atomic mass is 35.5. The molecule has 0 spiro atoms. The van der Waals surface area contributed by atoms with E-state index in [1.54, 1.807) is 24.3 Å². The maximum Gasteiger partial charge on any atom is 0.317 e. The summed E-state index contributed by atoms with van der Waals surface area (Å²) in [6.07, 6.45) is 2.65. The van der Waals surface area contributed by atoms with Crippen LogP contribution in [0.2, 0.25) is 5.02 Å². The lowest BCUT2D eigenvalue weighted by Crippen LogP contribution is -2.64. The van der Waals surface area contributed by atoms with Crippen molar-refractivity contribution in [3.63, 3.8) is 0 Å². The first-order valence-electron chi connectivity index (χ1n) is 8.26. The number of aliphatic hydroxyl groups is 1. The predicted molar refractivity (Wildman–Crippen MR) is 92.8 cm³/mol. The lowest BCUT2D eigenvalue weighted by molar-refractivity contribution is -0.175. The van der Waals surface area contributed by atoms with E-state index >= 15 is 0 Å². The molecule has 1 fully saturated rings. The zero-order valence-electron chi connectivity index (χ0n) is 14.4. The lowest BCUT2D eigenvalue weighted by atomic mass is 9.50. The minimum absolute atomic E-state index is 0.490. The van der Waals surface area contributed by atoms with Crippen LogP contribution in [0.15, 0.2) is 24.3 Å². The van der Waals surface area contributed by atoms with Gasteiger partial charge in [-0.1, -0.05) is 51.4 Å². The van der Waals surface area contributed by atoms with Crippen molar-refractivity contribution in [1.29, 1.82) is 0 Å². The predicted octanol–water partition coefficient (Wildman–Crippen LogP) is 4.65. The van der Waals surface area contributed by atoms with E-state index in [1.807, 2.05) is 20.8 Å². The number of carboxylic acids is 1. The van der Waals surface area contributed by atoms with Gasteiger partial charge in [-0.2, -0.15) is 0 Å². The van der Waals surface area contributed by atoms with Crippen LogP contribution < -0.4 is 0 Å². The Morgan fingerprint density at radius 3 is 2.26 bits per heavy atom. The Balaban J connectivity index is 2.71. The molecular weight excluding hydrogens is 312 g/mol. The molecule has 23 heavy (non-hydrogen) atoms. The molecule has 0 bridgehead atoms. The second-order valence-corrected chi connectivity index (χ2v) is 8.47. The van der Waals surface area contributed by atoms with Gasteiger partial charge in [0.1, 0.15) is 5.41 Å². The zero-order valence-corrected chi connectivity index (χ0v) is 15.2. The van der Waals surface area contributed by atoms with E-state index in [4.69, 9.17) is 11.6 Å². The van der Waals surface area contributed by atoms with Crippen LogP contribution in [0, 0.1) is 11.3 Å². The number of halogens is 1. The molecule has 2 N–H and O–H groups in total. The molecule has 0 heterocycles. The van der Waals surface area contributed by atoms with Gasteiger partial charge in [-0.25, -0.2) is 0 Å². The summed E-state index contributed by atoms with van der Waals surface area (Å²) in [6.45, 7) is 7.81. The van der Waals surface area contributed by atoms with Gasteiger partial charge < -0.3 is 10.2 Å². The molecule has 0 aliphatic heterocycles. The highest BCUT2D eigenvalue weighted by Gasteiger charge is 2.63. The Hall–Kier alpha value is -1.06. The number of hydrogen-bond acceptors (Lipinski definition) is 2. The summed E-state index contributed by atoms with van der Waals surface area (Å²) in [6, 6.07) is 6.96. The summed E-state index contributed by atoms with van der Waals surface area (Å²) in [5, 5.41) is 22.3. The molecule has 1 atom stereocenters. The van der Waals surface area contributed by atoms with Crippen molar-refractivity contribution < 1.29 is 15.0 Å². The van der Waals surface area contributed by atoms with Crippen molar-refractivity contribution >= 4 is 17.6 Å². The molecule has 1 aromatic rings. The largest absolute Gasteiger partial charge is 0.480 e. The summed E-state index contributed by atoms with van der Waals surface area (Å²) in [4.78, 5) is 12.6. The number of rotatable bonds is 3. The van der Waals surface area contributed by atoms with Crippen LogP contribution in [-0.4, -0.2) is 21.8 Å². The molecule has 1 aliphatic carbocycles. The molecule has 1 aliphatic rings. The van der Waals surface area contributed by atoms with Gasteiger partial charge in [0.15, 0.2) is 0 Å². The first kappa shape index (κ1) is 18.3. The molecule has 0 saturated heterocycles. The molecule has 0 amide bonds. The Morgan fingerprint density at radius 2 is 1.83 bits per heavy atom. The summed E-state index contributed by atoms with van der Waals surface area (Å²) in [5.41, 5.74) is -2.76. The minimum Gasteiger partial charge on any atom is -0.480 e. The van der Waals surface area contributed by atoms with Crippen LogP contribution in [-0.2, 0) is 10.2 Å². The summed E-state index contributed by atoms with van der Waals surface area (Å²) < 4.78 is 0. The number of carbonyl (C=O) groups is 1. The van der Waals surface area contributed by atoms with Gasteiger partial charge >= 0.3 is 5.97 Å². The van der Waals surface area contributed by atoms with Gasteiger partial charge in [-0.3, -0.25) is 4.79 Å². The monoisotopic (exact) mass is 338 g/mol. The molecule has 4 heteroatoms. The lowest BCUT2D eigenvalue weighted by Gasteiger charge is -2.54. The summed E-state index contributed by atoms with van der Waals surface area (Å²) >= 11 is 6.14. The molecule has 1 aromatic carbocycles. The summed E-state index contributed by atoms with van der Waals surface area (Å²) in [5.74, 6) is -0.467. The van der Waals surface area contributed by atoms with Crippen molar-refractivity contribution in [3.05, 3.63) is 34.9 Å². The fourth-order valence-electron chi connectivity index (χ4n) is 4.38. The van der Waals surface area contributed by atoms with Gasteiger partial charge in [0.2, 0.25) is 0 Å². The van der Waals surface area contributed by atoms with Gasteiger partial charge in [0, 0.05) is 5.02 Å². The fourth-order valence-corrected chi connectivity index (χ4v) is 4.57. The van der Waals surface area contributed by atoms with Gasteiger partial charge in [-0.05, 0) is 54.7 Å². The number of carboxylic acid groups (broad SMARTS) is 1. The third-order valence-corrected chi connectivity index (χ3v) is 5.74. The third kappa shape index (κ3) is 2.89. The molecular formula is C19H27ClO3. The van der Waals surface area contributed by atoms with Crippen molar-refractivity contribution in [1.82, 2.24) is 0 Å². The smallest absolute Gasteiger partial charge is 0.317 e. The second kappa shape index (κ2) is 6.10. The Bertz CT molecular complexity index is 583. The maximum atomic E-state index is 12.6. The molecule has 1 saturated carbocycles. The van der Waals surface area contributed by atoms with Gasteiger partial charge in [0.25, 0.3) is 0 Å². The average Bonchev–Trinajstić information content (AvgIpc) is 2.41. The number of hydrogen-bond donors (Lipinski definition) is 2. The van der Waals surface area contributed by atoms with Gasteiger partial charge in [-0.15, -0.1) is 0 Å². The first-order chi connectivity index (χ1) is 10.5. The van der Waals surface area contributed by atoms with E-state index in [9.17, 15) is 15.0 Å².